The van der Waals surface area contributed by atoms with Crippen molar-refractivity contribution in [2.45, 2.75) is 0 Å². The lowest BCUT2D eigenvalue weighted by atomic mass is 10.2. The van der Waals surface area contributed by atoms with Crippen molar-refractivity contribution < 1.29 is 4.42 Å². The van der Waals surface area contributed by atoms with Crippen LogP contribution in [0.2, 0.25) is 10.0 Å². The molecule has 0 atom stereocenters. The first-order valence-corrected chi connectivity index (χ1v) is 5.87. The van der Waals surface area contributed by atoms with Gasteiger partial charge in [-0.15, -0.1) is 0 Å². The molecule has 2 heterocycles. The molecule has 2 aromatic heterocycles. The summed E-state index contributed by atoms with van der Waals surface area (Å²) < 4.78 is 5.57. The number of fused-ring (bicyclic) bond motifs is 1. The standard InChI is InChI=1S/C12H7Cl2N3O/c13-7-4-6(5-8(15)10(7)14)12-17-11-9(18-12)2-1-3-16-11/h1-5H,15H2. The van der Waals surface area contributed by atoms with Gasteiger partial charge in [-0.2, -0.15) is 4.98 Å². The summed E-state index contributed by atoms with van der Waals surface area (Å²) >= 11 is 11.9. The van der Waals surface area contributed by atoms with Crippen molar-refractivity contribution in [3.05, 3.63) is 40.5 Å². The number of rotatable bonds is 1. The van der Waals surface area contributed by atoms with E-state index in [0.29, 0.717) is 38.4 Å². The molecule has 0 amide bonds. The van der Waals surface area contributed by atoms with Crippen molar-refractivity contribution in [2.24, 2.45) is 0 Å². The van der Waals surface area contributed by atoms with Crippen molar-refractivity contribution in [3.63, 3.8) is 0 Å². The predicted octanol–water partition coefficient (Wildman–Crippen LogP) is 3.78. The summed E-state index contributed by atoms with van der Waals surface area (Å²) in [5, 5.41) is 0.691. The van der Waals surface area contributed by atoms with Crippen LogP contribution in [0.15, 0.2) is 34.9 Å². The maximum Gasteiger partial charge on any atom is 0.229 e. The number of hydrogen-bond acceptors (Lipinski definition) is 4. The van der Waals surface area contributed by atoms with Gasteiger partial charge in [0.2, 0.25) is 5.89 Å². The van der Waals surface area contributed by atoms with Gasteiger partial charge < -0.3 is 10.2 Å². The maximum absolute atomic E-state index is 5.97. The molecule has 4 nitrogen and oxygen atoms in total. The van der Waals surface area contributed by atoms with Gasteiger partial charge in [0.15, 0.2) is 11.2 Å². The summed E-state index contributed by atoms with van der Waals surface area (Å²) in [6.45, 7) is 0. The van der Waals surface area contributed by atoms with Gasteiger partial charge in [0.1, 0.15) is 0 Å². The molecule has 0 bridgehead atoms. The van der Waals surface area contributed by atoms with Gasteiger partial charge in [0, 0.05) is 11.8 Å². The van der Waals surface area contributed by atoms with Crippen LogP contribution in [-0.2, 0) is 0 Å². The summed E-state index contributed by atoms with van der Waals surface area (Å²) in [6, 6.07) is 6.89. The summed E-state index contributed by atoms with van der Waals surface area (Å²) in [5.41, 5.74) is 7.95. The third-order valence-electron chi connectivity index (χ3n) is 2.47. The van der Waals surface area contributed by atoms with E-state index in [1.807, 2.05) is 0 Å². The number of benzene rings is 1. The van der Waals surface area contributed by atoms with Crippen LogP contribution >= 0.6 is 23.2 Å². The molecule has 0 aliphatic heterocycles. The van der Waals surface area contributed by atoms with Crippen molar-refractivity contribution in [1.29, 1.82) is 0 Å². The molecule has 6 heteroatoms. The minimum Gasteiger partial charge on any atom is -0.434 e. The first-order valence-electron chi connectivity index (χ1n) is 5.11. The molecule has 0 spiro atoms. The maximum atomic E-state index is 5.97. The average molecular weight is 280 g/mol. The van der Waals surface area contributed by atoms with E-state index in [1.165, 1.54) is 0 Å². The molecular formula is C12H7Cl2N3O. The number of aromatic nitrogens is 2. The third-order valence-corrected chi connectivity index (χ3v) is 3.28. The van der Waals surface area contributed by atoms with Gasteiger partial charge in [0.25, 0.3) is 0 Å². The van der Waals surface area contributed by atoms with E-state index in [4.69, 9.17) is 33.4 Å². The van der Waals surface area contributed by atoms with Crippen LogP contribution in [0.4, 0.5) is 5.69 Å². The van der Waals surface area contributed by atoms with Crippen molar-refractivity contribution in [1.82, 2.24) is 9.97 Å². The Hall–Kier alpha value is -1.78. The highest BCUT2D eigenvalue weighted by Gasteiger charge is 2.12. The zero-order chi connectivity index (χ0) is 12.7. The number of oxazole rings is 1. The minimum absolute atomic E-state index is 0.328. The van der Waals surface area contributed by atoms with Gasteiger partial charge in [-0.1, -0.05) is 23.2 Å². The highest BCUT2D eigenvalue weighted by atomic mass is 35.5. The molecule has 3 rings (SSSR count). The fourth-order valence-electron chi connectivity index (χ4n) is 1.63. The Morgan fingerprint density at radius 1 is 1.22 bits per heavy atom. The molecule has 0 fully saturated rings. The number of anilines is 1. The summed E-state index contributed by atoms with van der Waals surface area (Å²) in [4.78, 5) is 8.35. The Morgan fingerprint density at radius 2 is 2.06 bits per heavy atom. The lowest BCUT2D eigenvalue weighted by Gasteiger charge is -2.02. The van der Waals surface area contributed by atoms with Crippen molar-refractivity contribution in [3.8, 4) is 11.5 Å². The number of nitrogens with two attached hydrogens (primary N) is 1. The molecule has 1 aromatic carbocycles. The lowest BCUT2D eigenvalue weighted by Crippen LogP contribution is -1.88. The summed E-state index contributed by atoms with van der Waals surface area (Å²) in [5.74, 6) is 0.411. The molecule has 0 saturated heterocycles. The zero-order valence-corrected chi connectivity index (χ0v) is 10.5. The van der Waals surface area contributed by atoms with Crippen molar-refractivity contribution >= 4 is 40.1 Å². The first kappa shape index (κ1) is 11.3. The van der Waals surface area contributed by atoms with E-state index >= 15 is 0 Å². The Bertz CT molecular complexity index is 683. The van der Waals surface area contributed by atoms with E-state index in [9.17, 15) is 0 Å². The van der Waals surface area contributed by atoms with E-state index in [1.54, 1.807) is 30.5 Å². The smallest absolute Gasteiger partial charge is 0.229 e. The fourth-order valence-corrected chi connectivity index (χ4v) is 1.96. The molecule has 3 aromatic rings. The van der Waals surface area contributed by atoms with E-state index in [2.05, 4.69) is 9.97 Å². The number of nitrogens with zero attached hydrogens (tertiary/aromatic N) is 2. The first-order chi connectivity index (χ1) is 8.65. The number of halogens is 2. The number of hydrogen-bond donors (Lipinski definition) is 1. The van der Waals surface area contributed by atoms with E-state index in [-0.39, 0.29) is 0 Å². The highest BCUT2D eigenvalue weighted by Crippen LogP contribution is 2.34. The third kappa shape index (κ3) is 1.79. The normalized spacial score (nSPS) is 11.0. The fraction of sp³-hybridized carbons (Fsp3) is 0. The SMILES string of the molecule is Nc1cc(-c2nc3ncccc3o2)cc(Cl)c1Cl. The van der Waals surface area contributed by atoms with Gasteiger partial charge in [0.05, 0.1) is 15.7 Å². The number of nitrogen functional groups attached to an aromatic ring is 1. The molecular weight excluding hydrogens is 273 g/mol. The topological polar surface area (TPSA) is 64.9 Å². The Morgan fingerprint density at radius 3 is 2.78 bits per heavy atom. The van der Waals surface area contributed by atoms with Crippen LogP contribution in [0.1, 0.15) is 0 Å². The van der Waals surface area contributed by atoms with Crippen LogP contribution in [-0.4, -0.2) is 9.97 Å². The molecule has 0 aliphatic carbocycles. The van der Waals surface area contributed by atoms with Crippen LogP contribution in [0.25, 0.3) is 22.7 Å². The molecule has 90 valence electrons. The summed E-state index contributed by atoms with van der Waals surface area (Å²) in [6.07, 6.45) is 1.65. The summed E-state index contributed by atoms with van der Waals surface area (Å²) in [7, 11) is 0. The van der Waals surface area contributed by atoms with Crippen LogP contribution < -0.4 is 5.73 Å². The molecule has 0 aliphatic rings. The quantitative estimate of drug-likeness (QED) is 0.689. The van der Waals surface area contributed by atoms with Gasteiger partial charge in [-0.3, -0.25) is 0 Å². The van der Waals surface area contributed by atoms with Gasteiger partial charge in [-0.25, -0.2) is 4.98 Å². The number of pyridine rings is 1. The molecule has 0 radical (unpaired) electrons. The van der Waals surface area contributed by atoms with E-state index in [0.717, 1.165) is 0 Å². The molecule has 18 heavy (non-hydrogen) atoms. The van der Waals surface area contributed by atoms with Gasteiger partial charge >= 0.3 is 0 Å². The van der Waals surface area contributed by atoms with Crippen LogP contribution in [0.3, 0.4) is 0 Å². The van der Waals surface area contributed by atoms with Gasteiger partial charge in [-0.05, 0) is 24.3 Å². The second-order valence-electron chi connectivity index (χ2n) is 3.71. The molecule has 0 unspecified atom stereocenters. The molecule has 0 saturated carbocycles. The van der Waals surface area contributed by atoms with Crippen LogP contribution in [0.5, 0.6) is 0 Å². The average Bonchev–Trinajstić information content (AvgIpc) is 2.79. The Kier molecular flexibility index (Phi) is 2.61. The zero-order valence-electron chi connectivity index (χ0n) is 9.02. The monoisotopic (exact) mass is 279 g/mol. The Labute approximate surface area is 112 Å². The van der Waals surface area contributed by atoms with Crippen LogP contribution in [0, 0.1) is 0 Å². The molecule has 2 N–H and O–H groups in total. The highest BCUT2D eigenvalue weighted by molar-refractivity contribution is 6.43. The van der Waals surface area contributed by atoms with Crippen molar-refractivity contribution in [2.75, 3.05) is 5.73 Å². The Balaban J connectivity index is 2.20. The second kappa shape index (κ2) is 4.15. The second-order valence-corrected chi connectivity index (χ2v) is 4.49. The minimum atomic E-state index is 0.328. The van der Waals surface area contributed by atoms with E-state index < -0.39 is 0 Å². The predicted molar refractivity (Wildman–Crippen MR) is 71.7 cm³/mol. The largest absolute Gasteiger partial charge is 0.434 e. The lowest BCUT2D eigenvalue weighted by molar-refractivity contribution is 0.619.